The monoisotopic (exact) mass is 248 g/mol. The minimum Gasteiger partial charge on any atom is -0.390 e. The Bertz CT molecular complexity index is 433. The van der Waals surface area contributed by atoms with Crippen LogP contribution in [0.2, 0.25) is 0 Å². The Hall–Kier alpha value is -1.15. The van der Waals surface area contributed by atoms with Crippen LogP contribution in [-0.4, -0.2) is 16.5 Å². The van der Waals surface area contributed by atoms with Crippen molar-refractivity contribution >= 4 is 5.78 Å². The summed E-state index contributed by atoms with van der Waals surface area (Å²) in [6, 6.07) is 7.57. The molecular weight excluding hydrogens is 224 g/mol. The smallest absolute Gasteiger partial charge is 0.168 e. The van der Waals surface area contributed by atoms with E-state index in [1.807, 2.05) is 52.0 Å². The number of carbonyl (C=O) groups excluding carboxylic acids is 1. The van der Waals surface area contributed by atoms with Crippen LogP contribution in [0.25, 0.3) is 0 Å². The van der Waals surface area contributed by atoms with E-state index in [0.717, 1.165) is 11.1 Å². The molecule has 1 aromatic rings. The van der Waals surface area contributed by atoms with Gasteiger partial charge in [0.2, 0.25) is 0 Å². The van der Waals surface area contributed by atoms with E-state index >= 15 is 0 Å². The maximum atomic E-state index is 12.4. The fourth-order valence-corrected chi connectivity index (χ4v) is 1.87. The van der Waals surface area contributed by atoms with Gasteiger partial charge in [0.05, 0.1) is 5.60 Å². The summed E-state index contributed by atoms with van der Waals surface area (Å²) < 4.78 is 0. The molecule has 0 aromatic heterocycles. The first-order valence-corrected chi connectivity index (χ1v) is 6.41. The van der Waals surface area contributed by atoms with Gasteiger partial charge in [-0.05, 0) is 19.4 Å². The topological polar surface area (TPSA) is 37.3 Å². The zero-order valence-corrected chi connectivity index (χ0v) is 12.2. The molecule has 0 fully saturated rings. The van der Waals surface area contributed by atoms with Gasteiger partial charge in [-0.15, -0.1) is 0 Å². The van der Waals surface area contributed by atoms with Crippen LogP contribution in [0.1, 0.15) is 63.4 Å². The summed E-state index contributed by atoms with van der Waals surface area (Å²) in [6.45, 7) is 11.3. The first kappa shape index (κ1) is 14.9. The Morgan fingerprint density at radius 3 is 2.06 bits per heavy atom. The third-order valence-corrected chi connectivity index (χ3v) is 3.41. The molecule has 2 heteroatoms. The second-order valence-corrected chi connectivity index (χ2v) is 6.54. The largest absolute Gasteiger partial charge is 0.390 e. The molecular formula is C16H24O2. The van der Waals surface area contributed by atoms with Crippen molar-refractivity contribution in [1.29, 1.82) is 0 Å². The van der Waals surface area contributed by atoms with Gasteiger partial charge in [-0.2, -0.15) is 0 Å². The Morgan fingerprint density at radius 1 is 1.11 bits per heavy atom. The Balaban J connectivity index is 3.28. The van der Waals surface area contributed by atoms with E-state index in [4.69, 9.17) is 0 Å². The highest BCUT2D eigenvalue weighted by Crippen LogP contribution is 2.32. The highest BCUT2D eigenvalue weighted by atomic mass is 16.3. The predicted molar refractivity (Wildman–Crippen MR) is 74.9 cm³/mol. The summed E-state index contributed by atoms with van der Waals surface area (Å²) in [5.41, 5.74) is 0.397. The van der Waals surface area contributed by atoms with Crippen LogP contribution in [0.3, 0.4) is 0 Å². The van der Waals surface area contributed by atoms with Crippen LogP contribution in [0.15, 0.2) is 24.3 Å². The average molecular weight is 248 g/mol. The van der Waals surface area contributed by atoms with E-state index < -0.39 is 11.0 Å². The van der Waals surface area contributed by atoms with Gasteiger partial charge >= 0.3 is 0 Å². The number of aliphatic hydroxyl groups is 1. The number of carbonyl (C=O) groups is 1. The molecule has 0 spiro atoms. The molecule has 0 radical (unpaired) electrons. The molecule has 0 aliphatic rings. The first-order valence-electron chi connectivity index (χ1n) is 6.41. The molecule has 1 atom stereocenters. The fourth-order valence-electron chi connectivity index (χ4n) is 1.87. The van der Waals surface area contributed by atoms with E-state index in [1.54, 1.807) is 13.8 Å². The molecule has 1 aromatic carbocycles. The predicted octanol–water partition coefficient (Wildman–Crippen LogP) is 3.79. The number of hydrogen-bond acceptors (Lipinski definition) is 2. The molecule has 2 nitrogen and oxygen atoms in total. The molecule has 0 saturated heterocycles. The SMILES string of the molecule is CC(c1ccccc1C(=O)C(C)(C)C)C(C)(C)O. The van der Waals surface area contributed by atoms with Crippen molar-refractivity contribution in [1.82, 2.24) is 0 Å². The third-order valence-electron chi connectivity index (χ3n) is 3.41. The average Bonchev–Trinajstić information content (AvgIpc) is 2.24. The van der Waals surface area contributed by atoms with Crippen LogP contribution in [0.4, 0.5) is 0 Å². The first-order chi connectivity index (χ1) is 8.05. The van der Waals surface area contributed by atoms with Crippen molar-refractivity contribution in [3.8, 4) is 0 Å². The second-order valence-electron chi connectivity index (χ2n) is 6.54. The molecule has 0 bridgehead atoms. The van der Waals surface area contributed by atoms with Crippen molar-refractivity contribution < 1.29 is 9.90 Å². The van der Waals surface area contributed by atoms with Crippen molar-refractivity contribution in [3.63, 3.8) is 0 Å². The number of hydrogen-bond donors (Lipinski definition) is 1. The van der Waals surface area contributed by atoms with Crippen LogP contribution in [0.5, 0.6) is 0 Å². The lowest BCUT2D eigenvalue weighted by atomic mass is 9.78. The van der Waals surface area contributed by atoms with E-state index in [0.29, 0.717) is 0 Å². The fraction of sp³-hybridized carbons (Fsp3) is 0.562. The summed E-state index contributed by atoms with van der Waals surface area (Å²) in [4.78, 5) is 12.4. The number of Topliss-reactive ketones (excluding diaryl/α,β-unsaturated/α-hetero) is 1. The minimum atomic E-state index is -0.839. The maximum absolute atomic E-state index is 12.4. The summed E-state index contributed by atoms with van der Waals surface area (Å²) in [5.74, 6) is 0.0363. The van der Waals surface area contributed by atoms with Crippen LogP contribution >= 0.6 is 0 Å². The van der Waals surface area contributed by atoms with Gasteiger partial charge in [0.15, 0.2) is 5.78 Å². The van der Waals surface area contributed by atoms with E-state index in [-0.39, 0.29) is 11.7 Å². The standard InChI is InChI=1S/C16H24O2/c1-11(16(5,6)18)12-9-7-8-10-13(12)14(17)15(2,3)4/h7-11,18H,1-6H3. The summed E-state index contributed by atoms with van der Waals surface area (Å²) in [6.07, 6.45) is 0. The van der Waals surface area contributed by atoms with Gasteiger partial charge in [-0.1, -0.05) is 52.0 Å². The summed E-state index contributed by atoms with van der Waals surface area (Å²) >= 11 is 0. The molecule has 18 heavy (non-hydrogen) atoms. The Kier molecular flexibility index (Phi) is 4.02. The minimum absolute atomic E-state index is 0.0833. The quantitative estimate of drug-likeness (QED) is 0.826. The van der Waals surface area contributed by atoms with Crippen LogP contribution < -0.4 is 0 Å². The molecule has 1 rings (SSSR count). The normalized spacial score (nSPS) is 14.4. The van der Waals surface area contributed by atoms with Gasteiger partial charge < -0.3 is 5.11 Å². The lowest BCUT2D eigenvalue weighted by Gasteiger charge is -2.29. The van der Waals surface area contributed by atoms with Crippen molar-refractivity contribution in [2.75, 3.05) is 0 Å². The van der Waals surface area contributed by atoms with Crippen molar-refractivity contribution in [2.24, 2.45) is 5.41 Å². The van der Waals surface area contributed by atoms with Gasteiger partial charge in [-0.3, -0.25) is 4.79 Å². The molecule has 0 aliphatic heterocycles. The second kappa shape index (κ2) is 4.85. The molecule has 0 aliphatic carbocycles. The number of ketones is 1. The van der Waals surface area contributed by atoms with Gasteiger partial charge in [0.1, 0.15) is 0 Å². The van der Waals surface area contributed by atoms with E-state index in [9.17, 15) is 9.90 Å². The number of rotatable bonds is 3. The maximum Gasteiger partial charge on any atom is 0.168 e. The molecule has 0 heterocycles. The lowest BCUT2D eigenvalue weighted by molar-refractivity contribution is 0.0553. The zero-order chi connectivity index (χ0) is 14.1. The molecule has 1 unspecified atom stereocenters. The highest BCUT2D eigenvalue weighted by Gasteiger charge is 2.30. The van der Waals surface area contributed by atoms with Crippen LogP contribution in [-0.2, 0) is 0 Å². The van der Waals surface area contributed by atoms with Crippen molar-refractivity contribution in [3.05, 3.63) is 35.4 Å². The zero-order valence-electron chi connectivity index (χ0n) is 12.2. The van der Waals surface area contributed by atoms with Gasteiger partial charge in [-0.25, -0.2) is 0 Å². The Labute approximate surface area is 110 Å². The van der Waals surface area contributed by atoms with Crippen molar-refractivity contribution in [2.45, 2.75) is 53.1 Å². The van der Waals surface area contributed by atoms with Gasteiger partial charge in [0, 0.05) is 16.9 Å². The highest BCUT2D eigenvalue weighted by molar-refractivity contribution is 6.01. The Morgan fingerprint density at radius 2 is 1.61 bits per heavy atom. The van der Waals surface area contributed by atoms with E-state index in [1.165, 1.54) is 0 Å². The van der Waals surface area contributed by atoms with Gasteiger partial charge in [0.25, 0.3) is 0 Å². The molecule has 100 valence electrons. The molecule has 0 amide bonds. The third kappa shape index (κ3) is 3.20. The summed E-state index contributed by atoms with van der Waals surface area (Å²) in [7, 11) is 0. The van der Waals surface area contributed by atoms with Crippen LogP contribution in [0, 0.1) is 5.41 Å². The molecule has 0 saturated carbocycles. The molecule has 1 N–H and O–H groups in total. The lowest BCUT2D eigenvalue weighted by Crippen LogP contribution is -2.29. The van der Waals surface area contributed by atoms with E-state index in [2.05, 4.69) is 0 Å². The number of benzene rings is 1. The summed E-state index contributed by atoms with van der Waals surface area (Å²) in [5, 5.41) is 10.1.